The summed E-state index contributed by atoms with van der Waals surface area (Å²) in [6.07, 6.45) is 6.93. The van der Waals surface area contributed by atoms with Crippen molar-refractivity contribution in [2.75, 3.05) is 55.2 Å². The van der Waals surface area contributed by atoms with Gasteiger partial charge in [-0.3, -0.25) is 4.68 Å². The first-order valence-electron chi connectivity index (χ1n) is 10.8. The predicted octanol–water partition coefficient (Wildman–Crippen LogP) is 1.03. The van der Waals surface area contributed by atoms with Crippen molar-refractivity contribution in [1.29, 1.82) is 0 Å². The average Bonchev–Trinajstić information content (AvgIpc) is 3.35. The highest BCUT2D eigenvalue weighted by atomic mass is 32.2. The van der Waals surface area contributed by atoms with E-state index in [1.165, 1.54) is 10.6 Å². The van der Waals surface area contributed by atoms with E-state index in [-0.39, 0.29) is 23.0 Å². The number of carbonyl (C=O) groups excluding carboxylic acids is 1. The van der Waals surface area contributed by atoms with E-state index in [1.54, 1.807) is 24.0 Å². The van der Waals surface area contributed by atoms with Gasteiger partial charge in [0.1, 0.15) is 23.8 Å². The van der Waals surface area contributed by atoms with Gasteiger partial charge in [-0.15, -0.1) is 0 Å². The average molecular weight is 446 g/mol. The molecule has 0 aromatic carbocycles. The van der Waals surface area contributed by atoms with E-state index in [4.69, 9.17) is 19.4 Å². The number of aryl methyl sites for hydroxylation is 2. The lowest BCUT2D eigenvalue weighted by Gasteiger charge is -2.39. The molecule has 0 radical (unpaired) electrons. The molecule has 2 fully saturated rings. The van der Waals surface area contributed by atoms with Gasteiger partial charge in [-0.05, 0) is 18.9 Å². The molecule has 0 bridgehead atoms. The maximum Gasteiger partial charge on any atom is 0.359 e. The van der Waals surface area contributed by atoms with Gasteiger partial charge >= 0.3 is 5.97 Å². The van der Waals surface area contributed by atoms with Crippen molar-refractivity contribution in [3.05, 3.63) is 23.7 Å². The third-order valence-electron chi connectivity index (χ3n) is 6.30. The van der Waals surface area contributed by atoms with Crippen LogP contribution in [0.5, 0.6) is 0 Å². The molecule has 2 saturated heterocycles. The van der Waals surface area contributed by atoms with Gasteiger partial charge in [0.25, 0.3) is 0 Å². The molecule has 1 unspecified atom stereocenters. The quantitative estimate of drug-likeness (QED) is 0.498. The Morgan fingerprint density at radius 3 is 2.77 bits per heavy atom. The molecule has 3 aliphatic rings. The number of nitrogens with zero attached hydrogens (tertiary/aromatic N) is 6. The molecule has 0 amide bonds. The Hall–Kier alpha value is -2.33. The highest BCUT2D eigenvalue weighted by molar-refractivity contribution is 7.96. The fourth-order valence-electron chi connectivity index (χ4n) is 4.39. The summed E-state index contributed by atoms with van der Waals surface area (Å²) in [5, 5.41) is 4.11. The largest absolute Gasteiger partial charge is 0.454 e. The van der Waals surface area contributed by atoms with Gasteiger partial charge in [0.2, 0.25) is 10.8 Å². The predicted molar refractivity (Wildman–Crippen MR) is 119 cm³/mol. The van der Waals surface area contributed by atoms with Crippen molar-refractivity contribution in [3.8, 4) is 0 Å². The number of esters is 1. The monoisotopic (exact) mass is 445 g/mol. The van der Waals surface area contributed by atoms with Gasteiger partial charge in [0.05, 0.1) is 13.1 Å². The van der Waals surface area contributed by atoms with Crippen molar-refractivity contribution in [1.82, 2.24) is 19.7 Å². The third-order valence-corrected chi connectivity index (χ3v) is 8.23. The van der Waals surface area contributed by atoms with Crippen LogP contribution in [0, 0.1) is 0 Å². The minimum atomic E-state index is -0.380. The smallest absolute Gasteiger partial charge is 0.359 e. The number of anilines is 2. The Morgan fingerprint density at radius 1 is 1.29 bits per heavy atom. The Balaban J connectivity index is 1.31. The third kappa shape index (κ3) is 3.98. The molecule has 5 rings (SSSR count). The summed E-state index contributed by atoms with van der Waals surface area (Å²) in [7, 11) is 4.12. The van der Waals surface area contributed by atoms with Crippen LogP contribution in [0.4, 0.5) is 11.8 Å². The normalized spacial score (nSPS) is 21.6. The molecular weight excluding hydrogens is 416 g/mol. The number of carbonyl (C=O) groups is 1. The van der Waals surface area contributed by atoms with E-state index in [0.29, 0.717) is 24.8 Å². The summed E-state index contributed by atoms with van der Waals surface area (Å²) in [6.45, 7) is 2.83. The molecule has 31 heavy (non-hydrogen) atoms. The van der Waals surface area contributed by atoms with E-state index in [1.807, 2.05) is 0 Å². The summed E-state index contributed by atoms with van der Waals surface area (Å²) in [5.74, 6) is 2.59. The van der Waals surface area contributed by atoms with Crippen LogP contribution in [0.2, 0.25) is 0 Å². The van der Waals surface area contributed by atoms with Crippen LogP contribution in [0.15, 0.2) is 17.2 Å². The van der Waals surface area contributed by atoms with E-state index in [9.17, 15) is 4.79 Å². The lowest BCUT2D eigenvalue weighted by Crippen LogP contribution is -2.54. The van der Waals surface area contributed by atoms with Gasteiger partial charge in [-0.25, -0.2) is 9.78 Å². The lowest BCUT2D eigenvalue weighted by molar-refractivity contribution is 0.0223. The molecule has 5 heterocycles. The summed E-state index contributed by atoms with van der Waals surface area (Å²) in [4.78, 5) is 27.9. The summed E-state index contributed by atoms with van der Waals surface area (Å²) >= 11 is 0. The van der Waals surface area contributed by atoms with Crippen LogP contribution < -0.4 is 9.80 Å². The van der Waals surface area contributed by atoms with E-state index in [2.05, 4.69) is 28.2 Å². The second-order valence-corrected chi connectivity index (χ2v) is 10.6. The second kappa shape index (κ2) is 8.31. The summed E-state index contributed by atoms with van der Waals surface area (Å²) < 4.78 is 12.7. The summed E-state index contributed by atoms with van der Waals surface area (Å²) in [5.41, 5.74) is 1.52. The van der Waals surface area contributed by atoms with Gasteiger partial charge in [0.15, 0.2) is 11.5 Å². The molecule has 1 atom stereocenters. The molecule has 166 valence electrons. The molecular formula is C21H29N6O3S+. The first-order chi connectivity index (χ1) is 15.0. The topological polar surface area (TPSA) is 85.6 Å². The van der Waals surface area contributed by atoms with Crippen LogP contribution in [0.3, 0.4) is 0 Å². The molecule has 2 aromatic rings. The fourth-order valence-corrected chi connectivity index (χ4v) is 6.14. The zero-order valence-electron chi connectivity index (χ0n) is 18.3. The standard InChI is InChI=1S/C21H29N6O3S/c1-25-8-4-17(24-25)20(28)30-15-12-27(13-15)21-22-16-7-11-31(3)18(16)19(23-21)26(2)14-5-9-29-10-6-14/h4,8,14-15H,5-7,9-13H2,1-3H3/q+1. The number of fused-ring (bicyclic) bond motifs is 1. The number of aromatic nitrogens is 4. The van der Waals surface area contributed by atoms with Crippen molar-refractivity contribution >= 4 is 28.6 Å². The minimum absolute atomic E-state index is 0.163. The first-order valence-corrected chi connectivity index (χ1v) is 12.6. The Morgan fingerprint density at radius 2 is 2.06 bits per heavy atom. The van der Waals surface area contributed by atoms with Gasteiger partial charge < -0.3 is 19.3 Å². The van der Waals surface area contributed by atoms with Crippen LogP contribution >= 0.6 is 0 Å². The Bertz CT molecular complexity index is 970. The van der Waals surface area contributed by atoms with Crippen LogP contribution in [-0.2, 0) is 33.8 Å². The first kappa shape index (κ1) is 20.6. The molecule has 10 heteroatoms. The summed E-state index contributed by atoms with van der Waals surface area (Å²) in [6, 6.07) is 2.12. The molecule has 0 aliphatic carbocycles. The lowest BCUT2D eigenvalue weighted by atomic mass is 10.1. The van der Waals surface area contributed by atoms with E-state index < -0.39 is 0 Å². The number of hydrogen-bond donors (Lipinski definition) is 0. The van der Waals surface area contributed by atoms with Gasteiger partial charge in [0, 0.05) is 56.9 Å². The van der Waals surface area contributed by atoms with E-state index >= 15 is 0 Å². The van der Waals surface area contributed by atoms with Gasteiger partial charge in [-0.2, -0.15) is 10.1 Å². The highest BCUT2D eigenvalue weighted by Crippen LogP contribution is 2.36. The molecule has 2 aromatic heterocycles. The van der Waals surface area contributed by atoms with Crippen molar-refractivity contribution in [2.45, 2.75) is 36.3 Å². The maximum atomic E-state index is 12.2. The number of hydrogen-bond acceptors (Lipinski definition) is 8. The molecule has 3 aliphatic heterocycles. The molecule has 9 nitrogen and oxygen atoms in total. The van der Waals surface area contributed by atoms with Crippen molar-refractivity contribution in [3.63, 3.8) is 0 Å². The SMILES string of the molecule is CN(c1nc(N2CC(OC(=O)c3ccn(C)n3)C2)nc2c1[S+](C)CC2)C1CCOCC1. The number of rotatable bonds is 5. The molecule has 0 N–H and O–H groups in total. The minimum Gasteiger partial charge on any atom is -0.454 e. The zero-order valence-corrected chi connectivity index (χ0v) is 19.1. The van der Waals surface area contributed by atoms with Crippen LogP contribution in [0.1, 0.15) is 29.0 Å². The van der Waals surface area contributed by atoms with Gasteiger partial charge in [-0.1, -0.05) is 0 Å². The highest BCUT2D eigenvalue weighted by Gasteiger charge is 2.40. The zero-order chi connectivity index (χ0) is 21.5. The second-order valence-electron chi connectivity index (χ2n) is 8.48. The van der Waals surface area contributed by atoms with Crippen molar-refractivity contribution in [2.24, 2.45) is 7.05 Å². The fraction of sp³-hybridized carbons (Fsp3) is 0.619. The maximum absolute atomic E-state index is 12.2. The van der Waals surface area contributed by atoms with Crippen molar-refractivity contribution < 1.29 is 14.3 Å². The van der Waals surface area contributed by atoms with Crippen LogP contribution in [-0.4, -0.2) is 83.2 Å². The van der Waals surface area contributed by atoms with E-state index in [0.717, 1.165) is 50.0 Å². The van der Waals surface area contributed by atoms with Crippen LogP contribution in [0.25, 0.3) is 0 Å². The Labute approximate surface area is 185 Å². The Kier molecular flexibility index (Phi) is 5.51. The molecule has 0 saturated carbocycles. The number of ether oxygens (including phenoxy) is 2. The molecule has 0 spiro atoms.